The number of thioether (sulfide) groups is 1. The molecule has 1 aromatic heterocycles. The van der Waals surface area contributed by atoms with E-state index in [0.29, 0.717) is 5.92 Å². The summed E-state index contributed by atoms with van der Waals surface area (Å²) in [6, 6.07) is 19.0. The van der Waals surface area contributed by atoms with Crippen molar-refractivity contribution in [3.05, 3.63) is 88.3 Å². The van der Waals surface area contributed by atoms with Gasteiger partial charge < -0.3 is 14.8 Å². The van der Waals surface area contributed by atoms with Gasteiger partial charge in [-0.3, -0.25) is 4.79 Å². The molecule has 6 heteroatoms. The first kappa shape index (κ1) is 23.7. The minimum atomic E-state index is -0.250. The summed E-state index contributed by atoms with van der Waals surface area (Å²) in [5.74, 6) is 0.338. The average molecular weight is 490 g/mol. The van der Waals surface area contributed by atoms with Gasteiger partial charge in [0.1, 0.15) is 5.82 Å². The smallest absolute Gasteiger partial charge is 0.262 e. The summed E-state index contributed by atoms with van der Waals surface area (Å²) < 4.78 is 15.6. The van der Waals surface area contributed by atoms with Crippen LogP contribution in [0.3, 0.4) is 0 Å². The van der Waals surface area contributed by atoms with E-state index in [0.717, 1.165) is 46.1 Å². The number of rotatable bonds is 5. The molecular formula is C29H32FN3OS. The maximum absolute atomic E-state index is 13.8. The van der Waals surface area contributed by atoms with Gasteiger partial charge >= 0.3 is 0 Å². The van der Waals surface area contributed by atoms with E-state index in [9.17, 15) is 9.18 Å². The van der Waals surface area contributed by atoms with Gasteiger partial charge in [0, 0.05) is 28.8 Å². The molecule has 1 aliphatic carbocycles. The van der Waals surface area contributed by atoms with Crippen molar-refractivity contribution in [2.75, 3.05) is 5.32 Å². The van der Waals surface area contributed by atoms with Crippen molar-refractivity contribution >= 4 is 29.4 Å². The zero-order valence-corrected chi connectivity index (χ0v) is 21.3. The van der Waals surface area contributed by atoms with Crippen molar-refractivity contribution in [2.45, 2.75) is 58.0 Å². The van der Waals surface area contributed by atoms with Gasteiger partial charge in [0.05, 0.1) is 4.91 Å². The molecule has 2 fully saturated rings. The lowest BCUT2D eigenvalue weighted by Crippen LogP contribution is -2.48. The average Bonchev–Trinajstić information content (AvgIpc) is 3.30. The molecular weight excluding hydrogens is 457 g/mol. The molecule has 3 aromatic rings. The predicted molar refractivity (Wildman–Crippen MR) is 143 cm³/mol. The topological polar surface area (TPSA) is 37.3 Å². The van der Waals surface area contributed by atoms with E-state index in [4.69, 9.17) is 0 Å². The van der Waals surface area contributed by atoms with Gasteiger partial charge in [-0.25, -0.2) is 4.39 Å². The summed E-state index contributed by atoms with van der Waals surface area (Å²) in [5, 5.41) is 3.60. The molecule has 1 amide bonds. The third-order valence-electron chi connectivity index (χ3n) is 7.27. The Kier molecular flexibility index (Phi) is 6.74. The molecule has 1 N–H and O–H groups in total. The molecule has 1 aliphatic heterocycles. The number of para-hydroxylation sites is 1. The number of aromatic nitrogens is 1. The van der Waals surface area contributed by atoms with Gasteiger partial charge in [-0.15, -0.1) is 0 Å². The van der Waals surface area contributed by atoms with E-state index in [1.54, 1.807) is 23.9 Å². The van der Waals surface area contributed by atoms with E-state index in [1.165, 1.54) is 25.0 Å². The van der Waals surface area contributed by atoms with Crippen LogP contribution in [0.15, 0.2) is 65.6 Å². The first-order chi connectivity index (χ1) is 16.9. The summed E-state index contributed by atoms with van der Waals surface area (Å²) in [6.45, 7) is 6.37. The van der Waals surface area contributed by atoms with E-state index in [1.807, 2.05) is 50.3 Å². The Labute approximate surface area is 211 Å². The number of carbonyl (C=O) groups excluding carboxylic acids is 1. The Hall–Kier alpha value is -2.99. The fourth-order valence-corrected chi connectivity index (χ4v) is 6.63. The second kappa shape index (κ2) is 9.94. The Morgan fingerprint density at radius 2 is 1.74 bits per heavy atom. The SMILES string of the molecule is Cc1cc(/C=C2\SC(Nc3ccccc3)N([C@H]3CCCC[C@@H]3C)C2=O)c(C)n1-c1ccc(F)cc1. The fraction of sp³-hybridized carbons (Fsp3) is 0.345. The molecule has 0 radical (unpaired) electrons. The number of aryl methyl sites for hydroxylation is 1. The minimum Gasteiger partial charge on any atom is -0.356 e. The summed E-state index contributed by atoms with van der Waals surface area (Å²) in [6.07, 6.45) is 6.64. The van der Waals surface area contributed by atoms with Crippen molar-refractivity contribution in [1.82, 2.24) is 9.47 Å². The van der Waals surface area contributed by atoms with Gasteiger partial charge in [-0.1, -0.05) is 49.7 Å². The first-order valence-electron chi connectivity index (χ1n) is 12.4. The molecule has 2 aliphatic rings. The lowest BCUT2D eigenvalue weighted by molar-refractivity contribution is -0.129. The van der Waals surface area contributed by atoms with Crippen LogP contribution < -0.4 is 5.32 Å². The number of nitrogens with one attached hydrogen (secondary N) is 1. The fourth-order valence-electron chi connectivity index (χ4n) is 5.43. The zero-order valence-electron chi connectivity index (χ0n) is 20.5. The molecule has 2 heterocycles. The van der Waals surface area contributed by atoms with E-state index >= 15 is 0 Å². The summed E-state index contributed by atoms with van der Waals surface area (Å²) in [7, 11) is 0. The molecule has 35 heavy (non-hydrogen) atoms. The normalized spacial score (nSPS) is 23.8. The second-order valence-electron chi connectivity index (χ2n) is 9.67. The highest BCUT2D eigenvalue weighted by molar-refractivity contribution is 8.05. The zero-order chi connectivity index (χ0) is 24.5. The summed E-state index contributed by atoms with van der Waals surface area (Å²) in [5.41, 5.74) is 4.89. The molecule has 182 valence electrons. The molecule has 1 saturated carbocycles. The van der Waals surface area contributed by atoms with E-state index < -0.39 is 0 Å². The van der Waals surface area contributed by atoms with Gasteiger partial charge in [0.2, 0.25) is 0 Å². The molecule has 2 aromatic carbocycles. The summed E-state index contributed by atoms with van der Waals surface area (Å²) in [4.78, 5) is 16.7. The summed E-state index contributed by atoms with van der Waals surface area (Å²) >= 11 is 1.60. The lowest BCUT2D eigenvalue weighted by Gasteiger charge is -2.39. The molecule has 1 saturated heterocycles. The van der Waals surface area contributed by atoms with Crippen LogP contribution in [-0.4, -0.2) is 26.9 Å². The van der Waals surface area contributed by atoms with Gasteiger partial charge in [-0.2, -0.15) is 0 Å². The Balaban J connectivity index is 1.49. The van der Waals surface area contributed by atoms with Crippen LogP contribution in [0.4, 0.5) is 10.1 Å². The number of carbonyl (C=O) groups is 1. The van der Waals surface area contributed by atoms with E-state index in [2.05, 4.69) is 27.8 Å². The Morgan fingerprint density at radius 1 is 1.03 bits per heavy atom. The van der Waals surface area contributed by atoms with Crippen LogP contribution in [0, 0.1) is 25.6 Å². The van der Waals surface area contributed by atoms with Crippen molar-refractivity contribution in [2.24, 2.45) is 5.92 Å². The van der Waals surface area contributed by atoms with Crippen LogP contribution in [-0.2, 0) is 4.79 Å². The molecule has 3 atom stereocenters. The third kappa shape index (κ3) is 4.76. The number of hydrogen-bond acceptors (Lipinski definition) is 3. The van der Waals surface area contributed by atoms with Gasteiger partial charge in [0.25, 0.3) is 5.91 Å². The quantitative estimate of drug-likeness (QED) is 0.388. The molecule has 0 spiro atoms. The standard InChI is InChI=1S/C29H32FN3OS/c1-19-9-7-8-12-26(19)33-28(34)27(35-29(33)31-24-10-5-4-6-11-24)18-22-17-20(2)32(21(22)3)25-15-13-23(30)14-16-25/h4-6,10-11,13-19,26,29,31H,7-9,12H2,1-3H3/b27-18-/t19-,26-,29?/m0/s1. The van der Waals surface area contributed by atoms with Crippen LogP contribution in [0.2, 0.25) is 0 Å². The van der Waals surface area contributed by atoms with Crippen LogP contribution >= 0.6 is 11.8 Å². The number of halogens is 1. The molecule has 0 bridgehead atoms. The van der Waals surface area contributed by atoms with Crippen molar-refractivity contribution < 1.29 is 9.18 Å². The predicted octanol–water partition coefficient (Wildman–Crippen LogP) is 7.12. The van der Waals surface area contributed by atoms with Gasteiger partial charge in [-0.05, 0) is 86.7 Å². The van der Waals surface area contributed by atoms with Gasteiger partial charge in [0.15, 0.2) is 5.50 Å². The molecule has 4 nitrogen and oxygen atoms in total. The first-order valence-corrected chi connectivity index (χ1v) is 13.3. The Morgan fingerprint density at radius 3 is 2.46 bits per heavy atom. The van der Waals surface area contributed by atoms with Crippen molar-refractivity contribution in [3.8, 4) is 5.69 Å². The maximum atomic E-state index is 13.8. The highest BCUT2D eigenvalue weighted by Gasteiger charge is 2.43. The lowest BCUT2D eigenvalue weighted by atomic mass is 9.85. The van der Waals surface area contributed by atoms with Crippen molar-refractivity contribution in [3.63, 3.8) is 0 Å². The van der Waals surface area contributed by atoms with E-state index in [-0.39, 0.29) is 23.3 Å². The van der Waals surface area contributed by atoms with Crippen LogP contribution in [0.25, 0.3) is 11.8 Å². The van der Waals surface area contributed by atoms with Crippen LogP contribution in [0.1, 0.15) is 49.6 Å². The highest BCUT2D eigenvalue weighted by atomic mass is 32.2. The second-order valence-corrected chi connectivity index (χ2v) is 10.8. The Bertz CT molecular complexity index is 1230. The largest absolute Gasteiger partial charge is 0.356 e. The molecule has 5 rings (SSSR count). The van der Waals surface area contributed by atoms with Crippen molar-refractivity contribution in [1.29, 1.82) is 0 Å². The number of benzene rings is 2. The number of hydrogen-bond donors (Lipinski definition) is 1. The number of anilines is 1. The maximum Gasteiger partial charge on any atom is 0.262 e. The molecule has 1 unspecified atom stereocenters. The number of nitrogens with zero attached hydrogens (tertiary/aromatic N) is 2. The number of amides is 1. The monoisotopic (exact) mass is 489 g/mol. The third-order valence-corrected chi connectivity index (χ3v) is 8.38. The minimum absolute atomic E-state index is 0.105. The highest BCUT2D eigenvalue weighted by Crippen LogP contribution is 2.42. The van der Waals surface area contributed by atoms with Crippen LogP contribution in [0.5, 0.6) is 0 Å².